The molecule has 20 heavy (non-hydrogen) atoms. The van der Waals surface area contributed by atoms with Crippen molar-refractivity contribution in [3.63, 3.8) is 0 Å². The second-order valence-corrected chi connectivity index (χ2v) is 5.35. The van der Waals surface area contributed by atoms with Crippen LogP contribution in [0.2, 0.25) is 0 Å². The van der Waals surface area contributed by atoms with E-state index in [1.54, 1.807) is 30.2 Å². The lowest BCUT2D eigenvalue weighted by Gasteiger charge is -2.12. The number of ether oxygens (including phenoxy) is 1. The number of hydrogen-bond acceptors (Lipinski definition) is 4. The van der Waals surface area contributed by atoms with E-state index in [1.165, 1.54) is 0 Å². The van der Waals surface area contributed by atoms with Gasteiger partial charge in [0.25, 0.3) is 0 Å². The van der Waals surface area contributed by atoms with Crippen LogP contribution in [0.5, 0.6) is 5.75 Å². The van der Waals surface area contributed by atoms with Crippen LogP contribution in [-0.2, 0) is 4.79 Å². The Hall–Kier alpha value is -1.94. The molecule has 0 saturated heterocycles. The van der Waals surface area contributed by atoms with E-state index in [0.29, 0.717) is 5.75 Å². The van der Waals surface area contributed by atoms with Crippen LogP contribution in [-0.4, -0.2) is 11.7 Å². The minimum Gasteiger partial charge on any atom is -0.468 e. The fourth-order valence-corrected chi connectivity index (χ4v) is 2.63. The summed E-state index contributed by atoms with van der Waals surface area (Å²) in [5.41, 5.74) is 0. The topological polar surface area (TPSA) is 39.4 Å². The van der Waals surface area contributed by atoms with Gasteiger partial charge in [-0.25, -0.2) is 0 Å². The molecule has 2 aromatic rings. The van der Waals surface area contributed by atoms with Crippen molar-refractivity contribution in [3.05, 3.63) is 67.1 Å². The monoisotopic (exact) mass is 288 g/mol. The predicted molar refractivity (Wildman–Crippen MR) is 80.8 cm³/mol. The van der Waals surface area contributed by atoms with Crippen LogP contribution in [0.4, 0.5) is 0 Å². The summed E-state index contributed by atoms with van der Waals surface area (Å²) in [5, 5.41) is -0.0563. The number of carbonyl (C=O) groups excluding carboxylic acids is 1. The van der Waals surface area contributed by atoms with Crippen molar-refractivity contribution in [3.8, 4) is 5.75 Å². The Morgan fingerprint density at radius 3 is 2.75 bits per heavy atom. The third kappa shape index (κ3) is 4.31. The van der Waals surface area contributed by atoms with Crippen LogP contribution < -0.4 is 4.74 Å². The Labute approximate surface area is 122 Å². The first kappa shape index (κ1) is 14.5. The first-order valence-electron chi connectivity index (χ1n) is 6.31. The van der Waals surface area contributed by atoms with Gasteiger partial charge in [0.05, 0.1) is 17.9 Å². The van der Waals surface area contributed by atoms with Gasteiger partial charge >= 0.3 is 5.97 Å². The summed E-state index contributed by atoms with van der Waals surface area (Å²) in [6.07, 6.45) is 3.68. The first-order chi connectivity index (χ1) is 9.79. The minimum absolute atomic E-state index is 0.0563. The molecule has 0 spiro atoms. The van der Waals surface area contributed by atoms with E-state index < -0.39 is 0 Å². The Morgan fingerprint density at radius 1 is 1.30 bits per heavy atom. The van der Waals surface area contributed by atoms with E-state index in [-0.39, 0.29) is 17.6 Å². The molecule has 0 amide bonds. The Kier molecular flexibility index (Phi) is 5.50. The van der Waals surface area contributed by atoms with Crippen molar-refractivity contribution in [1.82, 2.24) is 0 Å². The quantitative estimate of drug-likeness (QED) is 0.434. The van der Waals surface area contributed by atoms with Gasteiger partial charge in [0.2, 0.25) is 0 Å². The molecule has 0 saturated carbocycles. The van der Waals surface area contributed by atoms with Crippen molar-refractivity contribution in [2.24, 2.45) is 0 Å². The van der Waals surface area contributed by atoms with Gasteiger partial charge in [-0.1, -0.05) is 24.3 Å². The normalized spacial score (nSPS) is 11.8. The average molecular weight is 288 g/mol. The van der Waals surface area contributed by atoms with E-state index in [2.05, 4.69) is 6.58 Å². The van der Waals surface area contributed by atoms with Gasteiger partial charge in [-0.3, -0.25) is 4.79 Å². The number of furan rings is 1. The van der Waals surface area contributed by atoms with Crippen LogP contribution in [0.3, 0.4) is 0 Å². The van der Waals surface area contributed by atoms with Crippen molar-refractivity contribution in [2.75, 3.05) is 5.75 Å². The molecule has 1 heterocycles. The summed E-state index contributed by atoms with van der Waals surface area (Å²) in [6.45, 7) is 3.69. The van der Waals surface area contributed by atoms with Crippen molar-refractivity contribution >= 4 is 17.7 Å². The highest BCUT2D eigenvalue weighted by Gasteiger charge is 2.20. The van der Waals surface area contributed by atoms with E-state index in [9.17, 15) is 4.79 Å². The molecule has 0 fully saturated rings. The fraction of sp³-hybridized carbons (Fsp3) is 0.188. The maximum Gasteiger partial charge on any atom is 0.312 e. The maximum absolute atomic E-state index is 12.0. The summed E-state index contributed by atoms with van der Waals surface area (Å²) in [5.74, 6) is 1.82. The first-order valence-corrected chi connectivity index (χ1v) is 7.36. The number of benzene rings is 1. The third-order valence-corrected chi connectivity index (χ3v) is 3.83. The zero-order valence-corrected chi connectivity index (χ0v) is 11.8. The van der Waals surface area contributed by atoms with Gasteiger partial charge < -0.3 is 9.15 Å². The number of para-hydroxylation sites is 1. The largest absolute Gasteiger partial charge is 0.468 e. The standard InChI is InChI=1S/C16H16O3S/c1-2-11-20-15(14-9-6-10-18-14)12-16(17)19-13-7-4-3-5-8-13/h2-10,15H,1,11-12H2. The highest BCUT2D eigenvalue weighted by Crippen LogP contribution is 2.32. The zero-order valence-electron chi connectivity index (χ0n) is 11.0. The molecular weight excluding hydrogens is 272 g/mol. The molecule has 3 nitrogen and oxygen atoms in total. The van der Waals surface area contributed by atoms with E-state index >= 15 is 0 Å². The van der Waals surface area contributed by atoms with Gasteiger partial charge in [0, 0.05) is 5.75 Å². The minimum atomic E-state index is -0.269. The van der Waals surface area contributed by atoms with Gasteiger partial charge in [-0.05, 0) is 24.3 Å². The lowest BCUT2D eigenvalue weighted by Crippen LogP contribution is -2.11. The molecule has 1 unspecified atom stereocenters. The molecule has 1 aromatic carbocycles. The van der Waals surface area contributed by atoms with Crippen LogP contribution >= 0.6 is 11.8 Å². The number of hydrogen-bond donors (Lipinski definition) is 0. The Bertz CT molecular complexity index is 534. The molecule has 1 aromatic heterocycles. The predicted octanol–water partition coefficient (Wildman–Crippen LogP) is 4.24. The van der Waals surface area contributed by atoms with E-state index in [0.717, 1.165) is 11.5 Å². The average Bonchev–Trinajstić information content (AvgIpc) is 2.98. The molecule has 0 radical (unpaired) electrons. The maximum atomic E-state index is 12.0. The van der Waals surface area contributed by atoms with E-state index in [4.69, 9.17) is 9.15 Å². The van der Waals surface area contributed by atoms with Crippen LogP contribution in [0.15, 0.2) is 65.8 Å². The van der Waals surface area contributed by atoms with Gasteiger partial charge in [0.15, 0.2) is 0 Å². The molecule has 104 valence electrons. The summed E-state index contributed by atoms with van der Waals surface area (Å²) in [7, 11) is 0. The van der Waals surface area contributed by atoms with Crippen molar-refractivity contribution in [1.29, 1.82) is 0 Å². The van der Waals surface area contributed by atoms with Crippen molar-refractivity contribution < 1.29 is 13.9 Å². The molecule has 1 atom stereocenters. The van der Waals surface area contributed by atoms with Gasteiger partial charge in [-0.15, -0.1) is 18.3 Å². The molecule has 0 aliphatic rings. The molecule has 0 aliphatic heterocycles. The Balaban J connectivity index is 1.96. The summed E-state index contributed by atoms with van der Waals surface area (Å²) < 4.78 is 10.7. The van der Waals surface area contributed by atoms with E-state index in [1.807, 2.05) is 36.4 Å². The summed E-state index contributed by atoms with van der Waals surface area (Å²) >= 11 is 1.61. The second kappa shape index (κ2) is 7.60. The molecule has 2 rings (SSSR count). The fourth-order valence-electron chi connectivity index (χ4n) is 1.71. The summed E-state index contributed by atoms with van der Waals surface area (Å²) in [4.78, 5) is 12.0. The second-order valence-electron chi connectivity index (χ2n) is 4.12. The highest BCUT2D eigenvalue weighted by molar-refractivity contribution is 7.99. The number of thioether (sulfide) groups is 1. The summed E-state index contributed by atoms with van der Waals surface area (Å²) in [6, 6.07) is 12.8. The van der Waals surface area contributed by atoms with Gasteiger partial charge in [0.1, 0.15) is 11.5 Å². The van der Waals surface area contributed by atoms with Crippen LogP contribution in [0.25, 0.3) is 0 Å². The number of esters is 1. The SMILES string of the molecule is C=CCSC(CC(=O)Oc1ccccc1)c1ccco1. The Morgan fingerprint density at radius 2 is 2.10 bits per heavy atom. The van der Waals surface area contributed by atoms with Crippen LogP contribution in [0.1, 0.15) is 17.4 Å². The van der Waals surface area contributed by atoms with Crippen molar-refractivity contribution in [2.45, 2.75) is 11.7 Å². The molecule has 4 heteroatoms. The lowest BCUT2D eigenvalue weighted by molar-refractivity contribution is -0.134. The highest BCUT2D eigenvalue weighted by atomic mass is 32.2. The number of carbonyl (C=O) groups is 1. The molecular formula is C16H16O3S. The smallest absolute Gasteiger partial charge is 0.312 e. The molecule has 0 N–H and O–H groups in total. The molecule has 0 aliphatic carbocycles. The molecule has 0 bridgehead atoms. The lowest BCUT2D eigenvalue weighted by atomic mass is 10.2. The van der Waals surface area contributed by atoms with Crippen LogP contribution in [0, 0.1) is 0 Å². The zero-order chi connectivity index (χ0) is 14.2. The third-order valence-electron chi connectivity index (χ3n) is 2.60. The van der Waals surface area contributed by atoms with Gasteiger partial charge in [-0.2, -0.15) is 0 Å². The number of rotatable bonds is 7.